The molecule has 3 aliphatic rings. The fraction of sp³-hybridized carbons (Fsp3) is 0.452. The van der Waals surface area contributed by atoms with Crippen LogP contribution in [0.2, 0.25) is 0 Å². The lowest BCUT2D eigenvalue weighted by atomic mass is 9.51. The van der Waals surface area contributed by atoms with Crippen LogP contribution in [0.3, 0.4) is 0 Å². The van der Waals surface area contributed by atoms with E-state index in [1.807, 2.05) is 5.32 Å². The first kappa shape index (κ1) is 32.4. The predicted molar refractivity (Wildman–Crippen MR) is 150 cm³/mol. The first-order chi connectivity index (χ1) is 20.4. The molecule has 4 rings (SSSR count). The number of ether oxygens (including phenoxy) is 3. The van der Waals surface area contributed by atoms with Crippen molar-refractivity contribution in [1.82, 2.24) is 10.2 Å². The molecule has 1 aromatic carbocycles. The van der Waals surface area contributed by atoms with Crippen molar-refractivity contribution in [2.75, 3.05) is 14.1 Å². The van der Waals surface area contributed by atoms with E-state index in [1.165, 1.54) is 24.8 Å². The molecular weight excluding hydrogens is 576 g/mol. The second kappa shape index (κ2) is 11.5. The van der Waals surface area contributed by atoms with Crippen LogP contribution >= 0.6 is 0 Å². The Balaban J connectivity index is 2.13. The van der Waals surface area contributed by atoms with E-state index >= 15 is 0 Å². The number of aliphatic hydroxyl groups excluding tert-OH is 1. The van der Waals surface area contributed by atoms with E-state index in [0.29, 0.717) is 5.56 Å². The Morgan fingerprint density at radius 2 is 1.52 bits per heavy atom. The molecule has 0 saturated heterocycles. The number of hydrogen-bond acceptors (Lipinski definition) is 12. The van der Waals surface area contributed by atoms with Gasteiger partial charge in [0.15, 0.2) is 11.6 Å². The number of fused-ring (bicyclic) bond motifs is 3. The van der Waals surface area contributed by atoms with E-state index in [0.717, 1.165) is 20.8 Å². The largest absolute Gasteiger partial charge is 0.430 e. The number of allylic oxidation sites excluding steroid dienone is 1. The summed E-state index contributed by atoms with van der Waals surface area (Å²) in [5, 5.41) is 14.2. The first-order valence-corrected chi connectivity index (χ1v) is 13.9. The number of carbonyl (C=O) groups is 7. The number of nitrogens with one attached hydrogen (secondary N) is 1. The maximum atomic E-state index is 14.6. The van der Waals surface area contributed by atoms with Crippen molar-refractivity contribution < 1.29 is 52.9 Å². The molecular formula is C31H34N2O11. The van der Waals surface area contributed by atoms with Crippen molar-refractivity contribution >= 4 is 41.3 Å². The second-order valence-electron chi connectivity index (χ2n) is 11.6. The monoisotopic (exact) mass is 610 g/mol. The molecule has 0 spiro atoms. The zero-order valence-corrected chi connectivity index (χ0v) is 25.6. The molecule has 0 aromatic heterocycles. The number of rotatable bonds is 5. The minimum absolute atomic E-state index is 0.00143. The fourth-order valence-electron chi connectivity index (χ4n) is 6.86. The highest BCUT2D eigenvalue weighted by molar-refractivity contribution is 6.26. The van der Waals surface area contributed by atoms with Gasteiger partial charge in [0.1, 0.15) is 22.8 Å². The van der Waals surface area contributed by atoms with Crippen molar-refractivity contribution in [2.24, 2.45) is 17.3 Å². The number of esters is 3. The number of likely N-dealkylation sites (N-methyl/N-ethyl adjacent to an activating group) is 1. The average Bonchev–Trinajstić information content (AvgIpc) is 2.88. The highest BCUT2D eigenvalue weighted by Gasteiger charge is 2.67. The van der Waals surface area contributed by atoms with E-state index < -0.39 is 93.7 Å². The van der Waals surface area contributed by atoms with Gasteiger partial charge in [-0.2, -0.15) is 0 Å². The SMILES string of the molecule is CC(=O)NC(=O)C1=C(OC(C)=O)[C@@H](N(C)C)[C@@H]2[C@@H](O)[C@H]3C(=C(OC(C)=O)[C@]2(C)C1=O)C(=O)c1c(OC(C)=O)cccc1[C@@H]3C. The Kier molecular flexibility index (Phi) is 8.51. The van der Waals surface area contributed by atoms with Crippen LogP contribution in [0.4, 0.5) is 0 Å². The van der Waals surface area contributed by atoms with E-state index in [-0.39, 0.29) is 16.9 Å². The number of Topliss-reactive ketones (excluding diaryl/α,β-unsaturated/α-hetero) is 2. The van der Waals surface area contributed by atoms with Crippen molar-refractivity contribution in [2.45, 2.75) is 59.6 Å². The van der Waals surface area contributed by atoms with Gasteiger partial charge in [-0.25, -0.2) is 0 Å². The molecule has 0 heterocycles. The van der Waals surface area contributed by atoms with Gasteiger partial charge in [0.05, 0.1) is 23.1 Å². The zero-order chi connectivity index (χ0) is 33.0. The number of hydrogen-bond donors (Lipinski definition) is 2. The smallest absolute Gasteiger partial charge is 0.308 e. The van der Waals surface area contributed by atoms with E-state index in [2.05, 4.69) is 0 Å². The summed E-state index contributed by atoms with van der Waals surface area (Å²) in [4.78, 5) is 92.5. The number of carbonyl (C=O) groups excluding carboxylic acids is 7. The molecule has 6 atom stereocenters. The van der Waals surface area contributed by atoms with Crippen LogP contribution in [0, 0.1) is 17.3 Å². The van der Waals surface area contributed by atoms with Crippen LogP contribution in [-0.2, 0) is 38.2 Å². The summed E-state index contributed by atoms with van der Waals surface area (Å²) < 4.78 is 16.5. The van der Waals surface area contributed by atoms with Gasteiger partial charge in [0, 0.05) is 45.1 Å². The molecule has 0 saturated carbocycles. The van der Waals surface area contributed by atoms with Gasteiger partial charge in [-0.3, -0.25) is 43.8 Å². The molecule has 234 valence electrons. The fourth-order valence-corrected chi connectivity index (χ4v) is 6.86. The molecule has 1 aromatic rings. The second-order valence-corrected chi connectivity index (χ2v) is 11.6. The van der Waals surface area contributed by atoms with Gasteiger partial charge in [-0.15, -0.1) is 0 Å². The first-order valence-electron chi connectivity index (χ1n) is 13.9. The molecule has 2 N–H and O–H groups in total. The number of nitrogens with zero attached hydrogens (tertiary/aromatic N) is 1. The number of benzene rings is 1. The zero-order valence-electron chi connectivity index (χ0n) is 25.6. The van der Waals surface area contributed by atoms with Gasteiger partial charge in [-0.1, -0.05) is 19.1 Å². The Labute approximate surface area is 253 Å². The minimum atomic E-state index is -2.07. The normalized spacial score (nSPS) is 27.6. The van der Waals surface area contributed by atoms with Crippen molar-refractivity contribution in [1.29, 1.82) is 0 Å². The van der Waals surface area contributed by atoms with Crippen LogP contribution in [-0.4, -0.2) is 77.5 Å². The van der Waals surface area contributed by atoms with Crippen LogP contribution < -0.4 is 10.1 Å². The van der Waals surface area contributed by atoms with Crippen LogP contribution in [0.1, 0.15) is 63.4 Å². The third-order valence-electron chi connectivity index (χ3n) is 8.39. The topological polar surface area (TPSA) is 183 Å². The summed E-state index contributed by atoms with van der Waals surface area (Å²) in [7, 11) is 3.14. The Morgan fingerprint density at radius 1 is 0.932 bits per heavy atom. The third kappa shape index (κ3) is 5.05. The summed E-state index contributed by atoms with van der Waals surface area (Å²) in [5.41, 5.74) is -2.52. The Morgan fingerprint density at radius 3 is 2.05 bits per heavy atom. The lowest BCUT2D eigenvalue weighted by molar-refractivity contribution is -0.153. The summed E-state index contributed by atoms with van der Waals surface area (Å²) >= 11 is 0. The van der Waals surface area contributed by atoms with Crippen LogP contribution in [0.15, 0.2) is 40.9 Å². The Bertz CT molecular complexity index is 1590. The highest BCUT2D eigenvalue weighted by atomic mass is 16.5. The number of aliphatic hydroxyl groups is 1. The van der Waals surface area contributed by atoms with Crippen LogP contribution in [0.5, 0.6) is 5.75 Å². The van der Waals surface area contributed by atoms with Gasteiger partial charge < -0.3 is 19.3 Å². The summed E-state index contributed by atoms with van der Waals surface area (Å²) in [6, 6.07) is 3.51. The quantitative estimate of drug-likeness (QED) is 0.278. The molecule has 0 aliphatic heterocycles. The van der Waals surface area contributed by atoms with E-state index in [4.69, 9.17) is 14.2 Å². The number of ketones is 2. The van der Waals surface area contributed by atoms with Gasteiger partial charge in [0.2, 0.25) is 5.91 Å². The van der Waals surface area contributed by atoms with Gasteiger partial charge in [0.25, 0.3) is 5.91 Å². The van der Waals surface area contributed by atoms with E-state index in [9.17, 15) is 38.7 Å². The molecule has 44 heavy (non-hydrogen) atoms. The van der Waals surface area contributed by atoms with Gasteiger partial charge in [-0.05, 0) is 38.6 Å². The van der Waals surface area contributed by atoms with E-state index in [1.54, 1.807) is 33.2 Å². The molecule has 0 unspecified atom stereocenters. The minimum Gasteiger partial charge on any atom is -0.430 e. The van der Waals surface area contributed by atoms with Crippen molar-refractivity contribution in [3.63, 3.8) is 0 Å². The lowest BCUT2D eigenvalue weighted by Crippen LogP contribution is -2.64. The molecule has 0 fully saturated rings. The third-order valence-corrected chi connectivity index (χ3v) is 8.39. The van der Waals surface area contributed by atoms with Crippen molar-refractivity contribution in [3.8, 4) is 5.75 Å². The lowest BCUT2D eigenvalue weighted by Gasteiger charge is -2.55. The molecule has 2 amide bonds. The predicted octanol–water partition coefficient (Wildman–Crippen LogP) is 1.33. The highest BCUT2D eigenvalue weighted by Crippen LogP contribution is 2.60. The number of amides is 2. The standard InChI is InChI=1S/C31H34N2O11/c1-12-17-10-9-11-18(42-14(3)35)20(17)25(38)21-19(12)26(39)23-24(33(7)8)27(43-15(4)36)22(30(41)32-13(2)34)28(40)31(23,6)29(21)44-16(5)37/h9-12,19,23-24,26,39H,1-8H3,(H,32,34,41)/t12-,19+,23+,24-,26-,31-/m0/s1. The maximum Gasteiger partial charge on any atom is 0.308 e. The molecule has 3 aliphatic carbocycles. The summed E-state index contributed by atoms with van der Waals surface area (Å²) in [6.07, 6.45) is -1.50. The van der Waals surface area contributed by atoms with Gasteiger partial charge >= 0.3 is 17.9 Å². The molecule has 13 heteroatoms. The summed E-state index contributed by atoms with van der Waals surface area (Å²) in [6.45, 7) is 7.42. The van der Waals surface area contributed by atoms with Crippen LogP contribution in [0.25, 0.3) is 0 Å². The molecule has 0 radical (unpaired) electrons. The molecule has 0 bridgehead atoms. The number of imide groups is 1. The molecule has 13 nitrogen and oxygen atoms in total. The Hall–Kier alpha value is -4.49. The van der Waals surface area contributed by atoms with Crippen molar-refractivity contribution in [3.05, 3.63) is 52.0 Å². The summed E-state index contributed by atoms with van der Waals surface area (Å²) in [5.74, 6) is -9.98. The average molecular weight is 611 g/mol. The maximum absolute atomic E-state index is 14.6.